The molecule has 0 aliphatic rings. The Balaban J connectivity index is 2.70. The second-order valence-corrected chi connectivity index (χ2v) is 4.94. The van der Waals surface area contributed by atoms with Crippen LogP contribution in [0, 0.1) is 0 Å². The Kier molecular flexibility index (Phi) is 6.18. The highest BCUT2D eigenvalue weighted by molar-refractivity contribution is 6.35. The van der Waals surface area contributed by atoms with Crippen molar-refractivity contribution in [3.8, 4) is 0 Å². The number of nitrogens with two attached hydrogens (primary N) is 1. The van der Waals surface area contributed by atoms with Gasteiger partial charge in [-0.25, -0.2) is 0 Å². The standard InChI is InChI=1S/C13H19Cl2N/c1-2-3-4-5-10(9-16)12-7-6-11(14)8-13(12)15/h6-8,10H,2-5,9,16H2,1H3. The highest BCUT2D eigenvalue weighted by Crippen LogP contribution is 2.30. The first-order valence-corrected chi connectivity index (χ1v) is 6.59. The van der Waals surface area contributed by atoms with E-state index in [0.717, 1.165) is 17.0 Å². The van der Waals surface area contributed by atoms with Crippen LogP contribution in [0.5, 0.6) is 0 Å². The fourth-order valence-electron chi connectivity index (χ4n) is 1.87. The Bertz CT molecular complexity index is 326. The van der Waals surface area contributed by atoms with Crippen LogP contribution in [0.15, 0.2) is 18.2 Å². The fraction of sp³-hybridized carbons (Fsp3) is 0.538. The fourth-order valence-corrected chi connectivity index (χ4v) is 2.44. The third-order valence-electron chi connectivity index (χ3n) is 2.84. The van der Waals surface area contributed by atoms with Gasteiger partial charge in [-0.05, 0) is 36.6 Å². The van der Waals surface area contributed by atoms with Crippen molar-refractivity contribution in [2.24, 2.45) is 5.73 Å². The summed E-state index contributed by atoms with van der Waals surface area (Å²) >= 11 is 12.1. The van der Waals surface area contributed by atoms with Gasteiger partial charge in [-0.1, -0.05) is 55.5 Å². The third kappa shape index (κ3) is 3.97. The van der Waals surface area contributed by atoms with Gasteiger partial charge in [-0.3, -0.25) is 0 Å². The lowest BCUT2D eigenvalue weighted by Gasteiger charge is -2.16. The van der Waals surface area contributed by atoms with Crippen LogP contribution in [0.1, 0.15) is 44.1 Å². The number of hydrogen-bond donors (Lipinski definition) is 1. The zero-order valence-corrected chi connectivity index (χ0v) is 11.2. The second-order valence-electron chi connectivity index (χ2n) is 4.09. The van der Waals surface area contributed by atoms with Gasteiger partial charge >= 0.3 is 0 Å². The van der Waals surface area contributed by atoms with Crippen molar-refractivity contribution in [2.75, 3.05) is 6.54 Å². The molecule has 0 heterocycles. The number of hydrogen-bond acceptors (Lipinski definition) is 1. The average Bonchev–Trinajstić information content (AvgIpc) is 2.26. The zero-order valence-electron chi connectivity index (χ0n) is 9.68. The van der Waals surface area contributed by atoms with E-state index >= 15 is 0 Å². The lowest BCUT2D eigenvalue weighted by atomic mass is 9.93. The summed E-state index contributed by atoms with van der Waals surface area (Å²) in [6.45, 7) is 2.85. The van der Waals surface area contributed by atoms with Crippen LogP contribution < -0.4 is 5.73 Å². The van der Waals surface area contributed by atoms with Gasteiger partial charge in [0, 0.05) is 10.0 Å². The van der Waals surface area contributed by atoms with Gasteiger partial charge in [-0.15, -0.1) is 0 Å². The molecule has 1 atom stereocenters. The Labute approximate surface area is 108 Å². The summed E-state index contributed by atoms with van der Waals surface area (Å²) in [5.41, 5.74) is 6.93. The second kappa shape index (κ2) is 7.16. The molecule has 1 rings (SSSR count). The highest BCUT2D eigenvalue weighted by Gasteiger charge is 2.12. The van der Waals surface area contributed by atoms with Gasteiger partial charge in [0.15, 0.2) is 0 Å². The average molecular weight is 260 g/mol. The van der Waals surface area contributed by atoms with Crippen LogP contribution in [0.25, 0.3) is 0 Å². The Morgan fingerprint density at radius 3 is 2.56 bits per heavy atom. The molecule has 3 heteroatoms. The predicted octanol–water partition coefficient (Wildman–Crippen LogP) is 4.62. The first-order chi connectivity index (χ1) is 7.69. The van der Waals surface area contributed by atoms with Gasteiger partial charge in [-0.2, -0.15) is 0 Å². The van der Waals surface area contributed by atoms with Crippen LogP contribution in [0.3, 0.4) is 0 Å². The lowest BCUT2D eigenvalue weighted by Crippen LogP contribution is -2.13. The van der Waals surface area contributed by atoms with E-state index in [1.165, 1.54) is 19.3 Å². The molecule has 0 amide bonds. The smallest absolute Gasteiger partial charge is 0.0456 e. The first kappa shape index (κ1) is 13.8. The summed E-state index contributed by atoms with van der Waals surface area (Å²) in [6.07, 6.45) is 4.79. The van der Waals surface area contributed by atoms with E-state index in [4.69, 9.17) is 28.9 Å². The predicted molar refractivity (Wildman–Crippen MR) is 72.4 cm³/mol. The molecule has 1 aromatic carbocycles. The molecule has 0 bridgehead atoms. The minimum Gasteiger partial charge on any atom is -0.330 e. The van der Waals surface area contributed by atoms with Crippen molar-refractivity contribution >= 4 is 23.2 Å². The molecule has 0 radical (unpaired) electrons. The van der Waals surface area contributed by atoms with Crippen molar-refractivity contribution in [1.29, 1.82) is 0 Å². The van der Waals surface area contributed by atoms with Crippen molar-refractivity contribution in [3.05, 3.63) is 33.8 Å². The van der Waals surface area contributed by atoms with Gasteiger partial charge in [0.1, 0.15) is 0 Å². The SMILES string of the molecule is CCCCCC(CN)c1ccc(Cl)cc1Cl. The molecule has 90 valence electrons. The maximum Gasteiger partial charge on any atom is 0.0456 e. The minimum atomic E-state index is 0.358. The maximum absolute atomic E-state index is 6.18. The van der Waals surface area contributed by atoms with E-state index in [-0.39, 0.29) is 0 Å². The number of rotatable bonds is 6. The van der Waals surface area contributed by atoms with E-state index in [1.807, 2.05) is 12.1 Å². The van der Waals surface area contributed by atoms with E-state index in [9.17, 15) is 0 Å². The molecule has 16 heavy (non-hydrogen) atoms. The first-order valence-electron chi connectivity index (χ1n) is 5.84. The van der Waals surface area contributed by atoms with E-state index < -0.39 is 0 Å². The molecule has 1 unspecified atom stereocenters. The van der Waals surface area contributed by atoms with E-state index in [0.29, 0.717) is 17.5 Å². The molecular formula is C13H19Cl2N. The molecule has 1 nitrogen and oxygen atoms in total. The maximum atomic E-state index is 6.18. The summed E-state index contributed by atoms with van der Waals surface area (Å²) in [5.74, 6) is 0.358. The van der Waals surface area contributed by atoms with Gasteiger partial charge in [0.05, 0.1) is 0 Å². The minimum absolute atomic E-state index is 0.358. The Morgan fingerprint density at radius 1 is 1.25 bits per heavy atom. The van der Waals surface area contributed by atoms with Crippen LogP contribution in [0.2, 0.25) is 10.0 Å². The quantitative estimate of drug-likeness (QED) is 0.742. The van der Waals surface area contributed by atoms with Crippen LogP contribution in [-0.4, -0.2) is 6.54 Å². The summed E-state index contributed by atoms with van der Waals surface area (Å²) in [5, 5.41) is 1.41. The molecule has 0 saturated heterocycles. The summed E-state index contributed by atoms with van der Waals surface area (Å²) < 4.78 is 0. The summed E-state index contributed by atoms with van der Waals surface area (Å²) in [4.78, 5) is 0. The monoisotopic (exact) mass is 259 g/mol. The number of unbranched alkanes of at least 4 members (excludes halogenated alkanes) is 2. The van der Waals surface area contributed by atoms with E-state index in [2.05, 4.69) is 6.92 Å². The van der Waals surface area contributed by atoms with Crippen molar-refractivity contribution in [1.82, 2.24) is 0 Å². The molecule has 0 spiro atoms. The largest absolute Gasteiger partial charge is 0.330 e. The number of halogens is 2. The molecule has 0 aliphatic heterocycles. The highest BCUT2D eigenvalue weighted by atomic mass is 35.5. The molecule has 0 saturated carbocycles. The molecule has 1 aromatic rings. The molecule has 2 N–H and O–H groups in total. The molecule has 0 fully saturated rings. The normalized spacial score (nSPS) is 12.8. The van der Waals surface area contributed by atoms with Crippen molar-refractivity contribution in [3.63, 3.8) is 0 Å². The van der Waals surface area contributed by atoms with Gasteiger partial charge in [0.2, 0.25) is 0 Å². The van der Waals surface area contributed by atoms with Crippen LogP contribution in [0.4, 0.5) is 0 Å². The molecule has 0 aliphatic carbocycles. The van der Waals surface area contributed by atoms with Crippen molar-refractivity contribution < 1.29 is 0 Å². The Morgan fingerprint density at radius 2 is 2.00 bits per heavy atom. The zero-order chi connectivity index (χ0) is 12.0. The Hall–Kier alpha value is -0.240. The number of benzene rings is 1. The molecule has 0 aromatic heterocycles. The van der Waals surface area contributed by atoms with Crippen LogP contribution in [-0.2, 0) is 0 Å². The lowest BCUT2D eigenvalue weighted by molar-refractivity contribution is 0.572. The van der Waals surface area contributed by atoms with Gasteiger partial charge < -0.3 is 5.73 Å². The van der Waals surface area contributed by atoms with E-state index in [1.54, 1.807) is 6.07 Å². The van der Waals surface area contributed by atoms with Gasteiger partial charge in [0.25, 0.3) is 0 Å². The van der Waals surface area contributed by atoms with Crippen LogP contribution >= 0.6 is 23.2 Å². The summed E-state index contributed by atoms with van der Waals surface area (Å²) in [6, 6.07) is 5.67. The topological polar surface area (TPSA) is 26.0 Å². The van der Waals surface area contributed by atoms with Crippen molar-refractivity contribution in [2.45, 2.75) is 38.5 Å². The molecular weight excluding hydrogens is 241 g/mol. The summed E-state index contributed by atoms with van der Waals surface area (Å²) in [7, 11) is 0. The third-order valence-corrected chi connectivity index (χ3v) is 3.41.